The lowest BCUT2D eigenvalue weighted by molar-refractivity contribution is -0.137. The molecule has 0 aliphatic carbocycles. The van der Waals surface area contributed by atoms with Gasteiger partial charge in [-0.3, -0.25) is 9.59 Å². The average molecular weight is 277 g/mol. The van der Waals surface area contributed by atoms with Gasteiger partial charge in [-0.1, -0.05) is 5.21 Å². The van der Waals surface area contributed by atoms with Crippen LogP contribution in [0.4, 0.5) is 0 Å². The molecule has 0 saturated heterocycles. The summed E-state index contributed by atoms with van der Waals surface area (Å²) < 4.78 is 1.14. The van der Waals surface area contributed by atoms with E-state index in [1.807, 2.05) is 0 Å². The molecule has 0 spiro atoms. The number of aromatic nitrogens is 4. The van der Waals surface area contributed by atoms with Crippen molar-refractivity contribution >= 4 is 11.9 Å². The number of carbonyl (C=O) groups excluding carboxylic acids is 1. The Kier molecular flexibility index (Phi) is 3.89. The minimum atomic E-state index is -1.04. The maximum Gasteiger partial charge on any atom is 0.325 e. The number of carbonyl (C=O) groups is 2. The van der Waals surface area contributed by atoms with Gasteiger partial charge in [0, 0.05) is 6.20 Å². The number of nitrogens with one attached hydrogen (secondary N) is 1. The molecular weight excluding hydrogens is 266 g/mol. The van der Waals surface area contributed by atoms with Crippen molar-refractivity contribution in [2.24, 2.45) is 0 Å². The average Bonchev–Trinajstić information content (AvgIpc) is 2.83. The highest BCUT2D eigenvalue weighted by Crippen LogP contribution is 2.12. The van der Waals surface area contributed by atoms with Crippen LogP contribution in [0.2, 0.25) is 0 Å². The predicted octanol–water partition coefficient (Wildman–Crippen LogP) is -0.607. The van der Waals surface area contributed by atoms with E-state index in [2.05, 4.69) is 20.6 Å². The molecule has 0 aliphatic heterocycles. The zero-order valence-corrected chi connectivity index (χ0v) is 10.2. The largest absolute Gasteiger partial charge is 0.505 e. The third kappa shape index (κ3) is 3.28. The molecule has 0 bridgehead atoms. The van der Waals surface area contributed by atoms with E-state index in [4.69, 9.17) is 5.11 Å². The van der Waals surface area contributed by atoms with E-state index in [1.165, 1.54) is 24.5 Å². The van der Waals surface area contributed by atoms with Gasteiger partial charge in [0.2, 0.25) is 0 Å². The molecule has 0 fully saturated rings. The molecule has 0 atom stereocenters. The van der Waals surface area contributed by atoms with Crippen LogP contribution < -0.4 is 5.32 Å². The van der Waals surface area contributed by atoms with Gasteiger partial charge in [-0.05, 0) is 12.1 Å². The van der Waals surface area contributed by atoms with Crippen molar-refractivity contribution in [3.63, 3.8) is 0 Å². The number of hydrogen-bond acceptors (Lipinski definition) is 6. The van der Waals surface area contributed by atoms with Gasteiger partial charge in [-0.25, -0.2) is 9.67 Å². The van der Waals surface area contributed by atoms with Crippen LogP contribution in [0.15, 0.2) is 24.5 Å². The highest BCUT2D eigenvalue weighted by atomic mass is 16.4. The first-order valence-electron chi connectivity index (χ1n) is 5.59. The molecular formula is C11H11N5O4. The standard InChI is InChI=1S/C11H11N5O4/c17-8-2-1-3-12-10(8)11(20)13-4-7-5-16(15-14-7)6-9(18)19/h1-3,5,17H,4,6H2,(H,13,20)(H,18,19). The van der Waals surface area contributed by atoms with Crippen LogP contribution >= 0.6 is 0 Å². The molecule has 0 unspecified atom stereocenters. The van der Waals surface area contributed by atoms with Crippen LogP contribution in [-0.4, -0.2) is 42.1 Å². The third-order valence-corrected chi connectivity index (χ3v) is 2.31. The normalized spacial score (nSPS) is 10.2. The van der Waals surface area contributed by atoms with Crippen molar-refractivity contribution in [2.75, 3.05) is 0 Å². The minimum Gasteiger partial charge on any atom is -0.505 e. The lowest BCUT2D eigenvalue weighted by atomic mass is 10.3. The monoisotopic (exact) mass is 277 g/mol. The smallest absolute Gasteiger partial charge is 0.325 e. The molecule has 2 rings (SSSR count). The number of aliphatic carboxylic acids is 1. The second kappa shape index (κ2) is 5.78. The van der Waals surface area contributed by atoms with Crippen LogP contribution in [0.3, 0.4) is 0 Å². The topological polar surface area (TPSA) is 130 Å². The summed E-state index contributed by atoms with van der Waals surface area (Å²) in [5.74, 6) is -1.82. The number of rotatable bonds is 5. The molecule has 0 aromatic carbocycles. The van der Waals surface area contributed by atoms with Gasteiger partial charge >= 0.3 is 5.97 Å². The first-order chi connectivity index (χ1) is 9.56. The zero-order chi connectivity index (χ0) is 14.5. The Bertz CT molecular complexity index is 639. The van der Waals surface area contributed by atoms with Crippen LogP contribution in [0.1, 0.15) is 16.2 Å². The Balaban J connectivity index is 1.95. The number of carboxylic acids is 1. The van der Waals surface area contributed by atoms with Crippen molar-refractivity contribution in [1.29, 1.82) is 0 Å². The summed E-state index contributed by atoms with van der Waals surface area (Å²) in [5, 5.41) is 27.8. The Morgan fingerprint density at radius 1 is 1.40 bits per heavy atom. The van der Waals surface area contributed by atoms with Gasteiger partial charge in [0.1, 0.15) is 18.0 Å². The maximum absolute atomic E-state index is 11.7. The van der Waals surface area contributed by atoms with Crippen molar-refractivity contribution < 1.29 is 19.8 Å². The van der Waals surface area contributed by atoms with Crippen molar-refractivity contribution in [3.8, 4) is 5.75 Å². The van der Waals surface area contributed by atoms with Gasteiger partial charge in [0.05, 0.1) is 12.7 Å². The zero-order valence-electron chi connectivity index (χ0n) is 10.2. The number of nitrogens with zero attached hydrogens (tertiary/aromatic N) is 4. The van der Waals surface area contributed by atoms with Gasteiger partial charge in [0.15, 0.2) is 5.69 Å². The summed E-state index contributed by atoms with van der Waals surface area (Å²) in [7, 11) is 0. The first-order valence-corrected chi connectivity index (χ1v) is 5.59. The SMILES string of the molecule is O=C(O)Cn1cc(CNC(=O)c2ncccc2O)nn1. The lowest BCUT2D eigenvalue weighted by Crippen LogP contribution is -2.24. The van der Waals surface area contributed by atoms with Crippen LogP contribution in [0.5, 0.6) is 5.75 Å². The van der Waals surface area contributed by atoms with Crippen LogP contribution in [-0.2, 0) is 17.9 Å². The molecule has 9 nitrogen and oxygen atoms in total. The fourth-order valence-corrected chi connectivity index (χ4v) is 1.46. The number of pyridine rings is 1. The van der Waals surface area contributed by atoms with Crippen molar-refractivity contribution in [2.45, 2.75) is 13.1 Å². The first kappa shape index (κ1) is 13.5. The summed E-state index contributed by atoms with van der Waals surface area (Å²) in [6, 6.07) is 2.86. The van der Waals surface area contributed by atoms with Gasteiger partial charge in [0.25, 0.3) is 5.91 Å². The molecule has 9 heteroatoms. The maximum atomic E-state index is 11.7. The molecule has 3 N–H and O–H groups in total. The van der Waals surface area contributed by atoms with E-state index in [0.717, 1.165) is 4.68 Å². The highest BCUT2D eigenvalue weighted by Gasteiger charge is 2.12. The molecule has 0 radical (unpaired) electrons. The number of carboxylic acid groups (broad SMARTS) is 1. The van der Waals surface area contributed by atoms with Crippen LogP contribution in [0, 0.1) is 0 Å². The predicted molar refractivity (Wildman–Crippen MR) is 64.7 cm³/mol. The molecule has 1 amide bonds. The van der Waals surface area contributed by atoms with E-state index < -0.39 is 11.9 Å². The second-order valence-corrected chi connectivity index (χ2v) is 3.86. The van der Waals surface area contributed by atoms with E-state index in [-0.39, 0.29) is 24.5 Å². The Morgan fingerprint density at radius 2 is 2.20 bits per heavy atom. The summed E-state index contributed by atoms with van der Waals surface area (Å²) in [6.45, 7) is -0.254. The van der Waals surface area contributed by atoms with Gasteiger partial charge < -0.3 is 15.5 Å². The summed E-state index contributed by atoms with van der Waals surface area (Å²) in [5.41, 5.74) is 0.306. The minimum absolute atomic E-state index is 0.0501. The molecule has 2 aromatic heterocycles. The van der Waals surface area contributed by atoms with Crippen LogP contribution in [0.25, 0.3) is 0 Å². The van der Waals surface area contributed by atoms with E-state index in [1.54, 1.807) is 0 Å². The third-order valence-electron chi connectivity index (χ3n) is 2.31. The number of hydrogen-bond donors (Lipinski definition) is 3. The van der Waals surface area contributed by atoms with Gasteiger partial charge in [-0.2, -0.15) is 0 Å². The molecule has 20 heavy (non-hydrogen) atoms. The summed E-state index contributed by atoms with van der Waals surface area (Å²) in [4.78, 5) is 26.0. The second-order valence-electron chi connectivity index (χ2n) is 3.86. The van der Waals surface area contributed by atoms with Gasteiger partial charge in [-0.15, -0.1) is 5.10 Å². The summed E-state index contributed by atoms with van der Waals surface area (Å²) >= 11 is 0. The number of aromatic hydroxyl groups is 1. The molecule has 0 saturated carbocycles. The molecule has 104 valence electrons. The Morgan fingerprint density at radius 3 is 2.90 bits per heavy atom. The lowest BCUT2D eigenvalue weighted by Gasteiger charge is -2.03. The van der Waals surface area contributed by atoms with E-state index in [0.29, 0.717) is 5.69 Å². The quantitative estimate of drug-likeness (QED) is 0.664. The highest BCUT2D eigenvalue weighted by molar-refractivity contribution is 5.94. The fourth-order valence-electron chi connectivity index (χ4n) is 1.46. The molecule has 0 aliphatic rings. The molecule has 2 aromatic rings. The summed E-state index contributed by atoms with van der Waals surface area (Å²) in [6.07, 6.45) is 2.80. The van der Waals surface area contributed by atoms with E-state index >= 15 is 0 Å². The Hall–Kier alpha value is -2.97. The number of amides is 1. The Labute approximate surface area is 112 Å². The van der Waals surface area contributed by atoms with Crippen molar-refractivity contribution in [1.82, 2.24) is 25.3 Å². The van der Waals surface area contributed by atoms with Crippen molar-refractivity contribution in [3.05, 3.63) is 35.9 Å². The van der Waals surface area contributed by atoms with E-state index in [9.17, 15) is 14.7 Å². The molecule has 2 heterocycles. The fraction of sp³-hybridized carbons (Fsp3) is 0.182.